The molecule has 1 aliphatic carbocycles. The first-order chi connectivity index (χ1) is 30.6. The summed E-state index contributed by atoms with van der Waals surface area (Å²) in [6.07, 6.45) is 5.82. The lowest BCUT2D eigenvalue weighted by Crippen LogP contribution is -2.48. The minimum absolute atomic E-state index is 0.00547. The van der Waals surface area contributed by atoms with Crippen LogP contribution in [0.2, 0.25) is 0 Å². The number of carbonyl (C=O) groups is 3. The number of para-hydroxylation sites is 1. The van der Waals surface area contributed by atoms with Gasteiger partial charge in [-0.3, -0.25) is 38.4 Å². The number of nitrogens with one attached hydrogen (secondary N) is 2. The molecular weight excluding hydrogens is 815 g/mol. The number of halogens is 2. The summed E-state index contributed by atoms with van der Waals surface area (Å²) in [5.74, 6) is 7.36. The Kier molecular flexibility index (Phi) is 11.1. The lowest BCUT2D eigenvalue weighted by Gasteiger charge is -2.37. The van der Waals surface area contributed by atoms with E-state index in [2.05, 4.69) is 47.4 Å². The molecule has 3 atom stereocenters. The van der Waals surface area contributed by atoms with E-state index in [0.717, 1.165) is 90.5 Å². The van der Waals surface area contributed by atoms with Gasteiger partial charge in [-0.2, -0.15) is 10.2 Å². The van der Waals surface area contributed by atoms with Crippen LogP contribution in [0.1, 0.15) is 78.6 Å². The van der Waals surface area contributed by atoms with Crippen molar-refractivity contribution in [1.29, 1.82) is 0 Å². The van der Waals surface area contributed by atoms with Crippen molar-refractivity contribution in [1.82, 2.24) is 48.6 Å². The molecule has 10 rings (SSSR count). The number of aromatic nitrogens is 7. The van der Waals surface area contributed by atoms with Crippen molar-refractivity contribution >= 4 is 45.9 Å². The van der Waals surface area contributed by atoms with Crippen molar-refractivity contribution in [2.75, 3.05) is 75.8 Å². The molecule has 1 saturated carbocycles. The molecule has 8 heterocycles. The minimum atomic E-state index is -2.86. The summed E-state index contributed by atoms with van der Waals surface area (Å²) in [5.41, 5.74) is 1.77. The fourth-order valence-corrected chi connectivity index (χ4v) is 10.2. The maximum absolute atomic E-state index is 14.3. The number of ether oxygens (including phenoxy) is 1. The Labute approximate surface area is 361 Å². The average Bonchev–Trinajstić information content (AvgIpc) is 4.12. The van der Waals surface area contributed by atoms with Crippen LogP contribution in [0.3, 0.4) is 0 Å². The number of hydrogen-bond acceptors (Lipinski definition) is 11. The summed E-state index contributed by atoms with van der Waals surface area (Å²) in [6, 6.07) is 6.60. The van der Waals surface area contributed by atoms with Crippen molar-refractivity contribution < 1.29 is 27.9 Å². The summed E-state index contributed by atoms with van der Waals surface area (Å²) in [6.45, 7) is 8.27. The quantitative estimate of drug-likeness (QED) is 0.165. The molecule has 4 aliphatic heterocycles. The van der Waals surface area contributed by atoms with Crippen LogP contribution in [0.25, 0.3) is 16.7 Å². The Morgan fingerprint density at radius 1 is 1.00 bits per heavy atom. The number of benzene rings is 1. The van der Waals surface area contributed by atoms with E-state index < -0.39 is 30.0 Å². The highest BCUT2D eigenvalue weighted by Crippen LogP contribution is 2.36. The first kappa shape index (κ1) is 41.1. The molecule has 5 aromatic rings. The van der Waals surface area contributed by atoms with Crippen molar-refractivity contribution in [3.8, 4) is 11.8 Å². The third-order valence-corrected chi connectivity index (χ3v) is 13.7. The molecule has 1 aromatic carbocycles. The number of nitrogens with zero attached hydrogens (tertiary/aromatic N) is 10. The van der Waals surface area contributed by atoms with Gasteiger partial charge >= 0.3 is 5.69 Å². The van der Waals surface area contributed by atoms with E-state index in [1.807, 2.05) is 24.3 Å². The van der Waals surface area contributed by atoms with Gasteiger partial charge in [0.2, 0.25) is 11.8 Å². The molecule has 0 bridgehead atoms. The second kappa shape index (κ2) is 17.0. The van der Waals surface area contributed by atoms with Crippen LogP contribution in [0.4, 0.5) is 20.3 Å². The van der Waals surface area contributed by atoms with E-state index in [-0.39, 0.29) is 41.7 Å². The normalized spacial score (nSPS) is 24.6. The Morgan fingerprint density at radius 2 is 1.76 bits per heavy atom. The van der Waals surface area contributed by atoms with Gasteiger partial charge in [-0.15, -0.1) is 0 Å². The maximum atomic E-state index is 14.3. The average molecular weight is 865 g/mol. The number of aryl methyl sites for hydroxylation is 1. The molecule has 3 unspecified atom stereocenters. The van der Waals surface area contributed by atoms with Gasteiger partial charge in [0.15, 0.2) is 11.3 Å². The lowest BCUT2D eigenvalue weighted by molar-refractivity contribution is -0.135. The minimum Gasteiger partial charge on any atom is -0.381 e. The first-order valence-electron chi connectivity index (χ1n) is 21.9. The summed E-state index contributed by atoms with van der Waals surface area (Å²) >= 11 is 0. The largest absolute Gasteiger partial charge is 0.381 e. The van der Waals surface area contributed by atoms with E-state index >= 15 is 0 Å². The van der Waals surface area contributed by atoms with E-state index in [9.17, 15) is 28.0 Å². The lowest BCUT2D eigenvalue weighted by atomic mass is 9.85. The van der Waals surface area contributed by atoms with Gasteiger partial charge in [-0.1, -0.05) is 17.9 Å². The number of piperidine rings is 1. The zero-order chi connectivity index (χ0) is 43.4. The Hall–Kier alpha value is -5.97. The molecule has 0 spiro atoms. The second-order valence-electron chi connectivity index (χ2n) is 17.6. The number of fused-ring (bicyclic) bond motifs is 3. The molecule has 330 valence electrons. The molecule has 19 heteroatoms. The number of alkyl halides is 2. The third-order valence-electron chi connectivity index (χ3n) is 13.7. The number of imide groups is 1. The van der Waals surface area contributed by atoms with E-state index in [4.69, 9.17) is 9.72 Å². The predicted octanol–water partition coefficient (Wildman–Crippen LogP) is 3.23. The number of piperazine rings is 1. The van der Waals surface area contributed by atoms with Crippen LogP contribution < -0.4 is 21.2 Å². The van der Waals surface area contributed by atoms with Crippen molar-refractivity contribution in [3.05, 3.63) is 70.2 Å². The van der Waals surface area contributed by atoms with Crippen LogP contribution in [-0.2, 0) is 21.4 Å². The molecule has 17 nitrogen and oxygen atoms in total. The molecule has 5 aliphatic rings. The number of anilines is 2. The third kappa shape index (κ3) is 8.00. The van der Waals surface area contributed by atoms with Crippen LogP contribution in [0, 0.1) is 29.6 Å². The van der Waals surface area contributed by atoms with E-state index in [1.54, 1.807) is 24.1 Å². The van der Waals surface area contributed by atoms with Gasteiger partial charge in [0.05, 0.1) is 54.3 Å². The Bertz CT molecular complexity index is 2680. The Morgan fingerprint density at radius 3 is 2.51 bits per heavy atom. The molecule has 63 heavy (non-hydrogen) atoms. The van der Waals surface area contributed by atoms with Gasteiger partial charge < -0.3 is 19.9 Å². The highest BCUT2D eigenvalue weighted by molar-refractivity contribution is 6.08. The van der Waals surface area contributed by atoms with Crippen molar-refractivity contribution in [3.63, 3.8) is 0 Å². The smallest absolute Gasteiger partial charge is 0.329 e. The summed E-state index contributed by atoms with van der Waals surface area (Å²) in [5, 5.41) is 13.6. The van der Waals surface area contributed by atoms with Gasteiger partial charge in [0.1, 0.15) is 17.4 Å². The number of rotatable bonds is 9. The van der Waals surface area contributed by atoms with Gasteiger partial charge in [0.25, 0.3) is 12.3 Å². The van der Waals surface area contributed by atoms with Crippen LogP contribution in [0.15, 0.2) is 47.7 Å². The van der Waals surface area contributed by atoms with Crippen molar-refractivity contribution in [2.45, 2.75) is 57.0 Å². The highest BCUT2D eigenvalue weighted by atomic mass is 19.3. The second-order valence-corrected chi connectivity index (χ2v) is 17.6. The van der Waals surface area contributed by atoms with Crippen LogP contribution in [-0.4, -0.2) is 127 Å². The summed E-state index contributed by atoms with van der Waals surface area (Å²) in [4.78, 5) is 63.0. The topological polar surface area (TPSA) is 169 Å². The molecule has 4 aromatic heterocycles. The molecular formula is C44H50F2N12O5. The summed E-state index contributed by atoms with van der Waals surface area (Å²) in [7, 11) is 1.68. The number of carbonyl (C=O) groups excluding carboxylic acids is 3. The SMILES string of the molecule is Cn1c(=O)n(C2CCC(=O)NC2=O)c2cccc(C#CCN3CCN(CC4CCC(n5cc(NC(=O)c6cnn7ccc(N8CC9COCC9C8)nc67)c(C(F)F)n5)CC4)CC3)c21. The maximum Gasteiger partial charge on any atom is 0.329 e. The first-order valence-corrected chi connectivity index (χ1v) is 21.9. The zero-order valence-electron chi connectivity index (χ0n) is 35.1. The number of imidazole rings is 1. The van der Waals surface area contributed by atoms with E-state index in [0.29, 0.717) is 46.5 Å². The number of amides is 3. The fourth-order valence-electron chi connectivity index (χ4n) is 10.2. The van der Waals surface area contributed by atoms with Crippen molar-refractivity contribution in [2.24, 2.45) is 24.8 Å². The zero-order valence-corrected chi connectivity index (χ0v) is 35.1. The highest BCUT2D eigenvalue weighted by Gasteiger charge is 2.38. The van der Waals surface area contributed by atoms with Gasteiger partial charge in [0, 0.05) is 83.5 Å². The van der Waals surface area contributed by atoms with Crippen LogP contribution in [0.5, 0.6) is 0 Å². The predicted molar refractivity (Wildman–Crippen MR) is 227 cm³/mol. The Balaban J connectivity index is 0.716. The molecule has 3 amide bonds. The van der Waals surface area contributed by atoms with Gasteiger partial charge in [-0.05, 0) is 56.2 Å². The number of hydrogen-bond donors (Lipinski definition) is 2. The molecule has 4 saturated heterocycles. The van der Waals surface area contributed by atoms with Gasteiger partial charge in [-0.25, -0.2) is 23.1 Å². The fraction of sp³-hybridized carbons (Fsp3) is 0.523. The molecule has 2 N–H and O–H groups in total. The molecule has 5 fully saturated rings. The standard InChI is InChI=1S/C44H50F2N12O5/c1-52-39-28(4-2-6-34(39)58(44(52)62)35-11-12-37(59)50-43(35)61)5-3-14-53-16-18-54(19-17-53)21-27-7-9-31(10-8-27)57-24-33(38(51-57)40(45)46)48-42(60)32-20-47-56-15-13-36(49-41(32)56)55-22-29-25-63-26-30(29)23-55/h2,4,6,13,15,20,24,27,29-31,35,40H,7-12,14,16-19,21-23,25-26H2,1H3,(H,48,60)(H,50,59,61). The summed E-state index contributed by atoms with van der Waals surface area (Å²) < 4.78 is 40.4. The van der Waals surface area contributed by atoms with E-state index in [1.165, 1.54) is 19.8 Å². The molecule has 0 radical (unpaired) electrons. The monoisotopic (exact) mass is 864 g/mol. The van der Waals surface area contributed by atoms with Crippen LogP contribution >= 0.6 is 0 Å².